The number of sulfone groups is 1. The van der Waals surface area contributed by atoms with Crippen LogP contribution in [0.5, 0.6) is 0 Å². The van der Waals surface area contributed by atoms with E-state index >= 15 is 0 Å². The van der Waals surface area contributed by atoms with Gasteiger partial charge in [-0.05, 0) is 62.6 Å². The molecule has 35 heavy (non-hydrogen) atoms. The summed E-state index contributed by atoms with van der Waals surface area (Å²) in [5.74, 6) is -1.64. The SMILES string of the molecule is O=C(O)C1CCc2nc(NC(=O)C(OC3CCOCC3)c3ccc(S(=O)(=O)C4CC4)cc3)sc2C1. The number of carboxylic acids is 1. The quantitative estimate of drug-likeness (QED) is 0.543. The lowest BCUT2D eigenvalue weighted by atomic mass is 9.91. The van der Waals surface area contributed by atoms with Gasteiger partial charge in [0.15, 0.2) is 21.1 Å². The maximum Gasteiger partial charge on any atom is 0.306 e. The minimum Gasteiger partial charge on any atom is -0.481 e. The summed E-state index contributed by atoms with van der Waals surface area (Å²) in [4.78, 5) is 30.4. The lowest BCUT2D eigenvalue weighted by Crippen LogP contribution is -2.31. The molecule has 1 amide bonds. The summed E-state index contributed by atoms with van der Waals surface area (Å²) in [5.41, 5.74) is 1.40. The van der Waals surface area contributed by atoms with E-state index in [1.165, 1.54) is 11.3 Å². The molecule has 188 valence electrons. The van der Waals surface area contributed by atoms with E-state index in [2.05, 4.69) is 10.3 Å². The third-order valence-corrected chi connectivity index (χ3v) is 10.0. The summed E-state index contributed by atoms with van der Waals surface area (Å²) < 4.78 is 36.7. The van der Waals surface area contributed by atoms with Crippen molar-refractivity contribution in [2.75, 3.05) is 18.5 Å². The highest BCUT2D eigenvalue weighted by Crippen LogP contribution is 2.35. The van der Waals surface area contributed by atoms with Crippen LogP contribution in [0.25, 0.3) is 0 Å². The van der Waals surface area contributed by atoms with Crippen molar-refractivity contribution in [1.82, 2.24) is 4.98 Å². The van der Waals surface area contributed by atoms with Crippen LogP contribution >= 0.6 is 11.3 Å². The number of carboxylic acid groups (broad SMARTS) is 1. The Morgan fingerprint density at radius 3 is 2.49 bits per heavy atom. The third kappa shape index (κ3) is 5.42. The molecule has 1 aromatic heterocycles. The first-order chi connectivity index (χ1) is 16.8. The van der Waals surface area contributed by atoms with Crippen molar-refractivity contribution in [3.05, 3.63) is 40.4 Å². The number of aromatic nitrogens is 1. The normalized spacial score (nSPS) is 21.8. The van der Waals surface area contributed by atoms with Crippen molar-refractivity contribution in [2.45, 2.75) is 67.3 Å². The van der Waals surface area contributed by atoms with Gasteiger partial charge in [-0.25, -0.2) is 13.4 Å². The minimum absolute atomic E-state index is 0.157. The Morgan fingerprint density at radius 1 is 1.11 bits per heavy atom. The molecule has 5 rings (SSSR count). The molecule has 2 aromatic rings. The molecule has 1 aliphatic heterocycles. The summed E-state index contributed by atoms with van der Waals surface area (Å²) in [6, 6.07) is 6.38. The van der Waals surface area contributed by atoms with Crippen LogP contribution in [0.2, 0.25) is 0 Å². The number of thiazole rings is 1. The van der Waals surface area contributed by atoms with Crippen molar-refractivity contribution < 1.29 is 32.6 Å². The summed E-state index contributed by atoms with van der Waals surface area (Å²) in [6.07, 6.45) is 3.12. The standard InChI is InChI=1S/C24H28N2O7S2/c27-22(26-24-25-19-8-3-15(23(28)29)13-20(19)34-24)21(33-16-9-11-32-12-10-16)14-1-4-17(5-2-14)35(30,31)18-6-7-18/h1-2,4-5,15-16,18,21H,3,6-13H2,(H,28,29)(H,25,26,27). The molecule has 1 saturated heterocycles. The van der Waals surface area contributed by atoms with Gasteiger partial charge >= 0.3 is 5.97 Å². The first-order valence-corrected chi connectivity index (χ1v) is 14.3. The van der Waals surface area contributed by atoms with Crippen molar-refractivity contribution in [3.8, 4) is 0 Å². The first kappa shape index (κ1) is 24.4. The van der Waals surface area contributed by atoms with E-state index in [4.69, 9.17) is 9.47 Å². The molecular weight excluding hydrogens is 492 g/mol. The molecule has 2 atom stereocenters. The summed E-state index contributed by atoms with van der Waals surface area (Å²) >= 11 is 1.30. The molecule has 1 aromatic carbocycles. The van der Waals surface area contributed by atoms with E-state index < -0.39 is 33.7 Å². The highest BCUT2D eigenvalue weighted by molar-refractivity contribution is 7.92. The van der Waals surface area contributed by atoms with Crippen LogP contribution < -0.4 is 5.32 Å². The molecule has 9 nitrogen and oxygen atoms in total. The number of carbonyl (C=O) groups is 2. The van der Waals surface area contributed by atoms with Crippen molar-refractivity contribution in [3.63, 3.8) is 0 Å². The molecule has 0 spiro atoms. The lowest BCUT2D eigenvalue weighted by Gasteiger charge is -2.27. The van der Waals surface area contributed by atoms with E-state index in [1.807, 2.05) is 0 Å². The smallest absolute Gasteiger partial charge is 0.306 e. The van der Waals surface area contributed by atoms with Crippen LogP contribution in [-0.4, -0.2) is 55.0 Å². The molecule has 0 bridgehead atoms. The number of hydrogen-bond donors (Lipinski definition) is 2. The number of fused-ring (bicyclic) bond motifs is 1. The molecule has 2 N–H and O–H groups in total. The Bertz CT molecular complexity index is 1200. The van der Waals surface area contributed by atoms with Gasteiger partial charge in [-0.2, -0.15) is 0 Å². The van der Waals surface area contributed by atoms with Crippen molar-refractivity contribution in [1.29, 1.82) is 0 Å². The van der Waals surface area contributed by atoms with Crippen LogP contribution in [0.1, 0.15) is 54.3 Å². The zero-order chi connectivity index (χ0) is 24.6. The molecule has 0 radical (unpaired) electrons. The fourth-order valence-corrected chi connectivity index (χ4v) is 7.26. The van der Waals surface area contributed by atoms with E-state index in [0.717, 1.165) is 10.6 Å². The zero-order valence-electron chi connectivity index (χ0n) is 19.1. The Balaban J connectivity index is 1.35. The molecule has 2 aliphatic carbocycles. The Labute approximate surface area is 207 Å². The number of anilines is 1. The van der Waals surface area contributed by atoms with E-state index in [1.54, 1.807) is 24.3 Å². The topological polar surface area (TPSA) is 132 Å². The second kappa shape index (κ2) is 9.96. The number of carbonyl (C=O) groups excluding carboxylic acids is 1. The fourth-order valence-electron chi connectivity index (χ4n) is 4.51. The number of nitrogens with one attached hydrogen (secondary N) is 1. The number of nitrogens with zero attached hydrogens (tertiary/aromatic N) is 1. The second-order valence-corrected chi connectivity index (χ2v) is 12.6. The largest absolute Gasteiger partial charge is 0.481 e. The number of ether oxygens (including phenoxy) is 2. The highest BCUT2D eigenvalue weighted by Gasteiger charge is 2.37. The first-order valence-electron chi connectivity index (χ1n) is 11.9. The van der Waals surface area contributed by atoms with Crippen LogP contribution in [0.15, 0.2) is 29.2 Å². The van der Waals surface area contributed by atoms with Crippen LogP contribution in [-0.2, 0) is 41.7 Å². The molecule has 3 aliphatic rings. The molecule has 2 unspecified atom stereocenters. The molecule has 1 saturated carbocycles. The predicted octanol–water partition coefficient (Wildman–Crippen LogP) is 3.14. The number of rotatable bonds is 8. The average Bonchev–Trinajstić information content (AvgIpc) is 3.64. The number of hydrogen-bond acceptors (Lipinski definition) is 8. The Kier molecular flexibility index (Phi) is 6.93. The van der Waals surface area contributed by atoms with Crippen molar-refractivity contribution in [2.24, 2.45) is 5.92 Å². The van der Waals surface area contributed by atoms with Crippen LogP contribution in [0.4, 0.5) is 5.13 Å². The number of benzene rings is 1. The summed E-state index contributed by atoms with van der Waals surface area (Å²) in [5, 5.41) is 12.3. The van der Waals surface area contributed by atoms with Gasteiger partial charge < -0.3 is 14.6 Å². The van der Waals surface area contributed by atoms with Gasteiger partial charge in [0.25, 0.3) is 5.91 Å². The average molecular weight is 521 g/mol. The molecule has 2 heterocycles. The van der Waals surface area contributed by atoms with Crippen LogP contribution in [0.3, 0.4) is 0 Å². The number of aryl methyl sites for hydroxylation is 1. The molecule has 11 heteroatoms. The lowest BCUT2D eigenvalue weighted by molar-refractivity contribution is -0.142. The Morgan fingerprint density at radius 2 is 1.83 bits per heavy atom. The van der Waals surface area contributed by atoms with Gasteiger partial charge in [0.1, 0.15) is 0 Å². The van der Waals surface area contributed by atoms with E-state index in [0.29, 0.717) is 68.9 Å². The highest BCUT2D eigenvalue weighted by atomic mass is 32.2. The maximum atomic E-state index is 13.4. The van der Waals surface area contributed by atoms with Gasteiger partial charge in [0, 0.05) is 18.1 Å². The predicted molar refractivity (Wildman–Crippen MR) is 128 cm³/mol. The zero-order valence-corrected chi connectivity index (χ0v) is 20.8. The Hall–Kier alpha value is -2.34. The number of amides is 1. The molecule has 2 fully saturated rings. The molecular formula is C24H28N2O7S2. The van der Waals surface area contributed by atoms with E-state index in [9.17, 15) is 23.1 Å². The summed E-state index contributed by atoms with van der Waals surface area (Å²) in [6.45, 7) is 1.11. The monoisotopic (exact) mass is 520 g/mol. The van der Waals surface area contributed by atoms with Gasteiger partial charge in [-0.15, -0.1) is 11.3 Å². The second-order valence-electron chi connectivity index (χ2n) is 9.30. The van der Waals surface area contributed by atoms with Gasteiger partial charge in [-0.3, -0.25) is 14.9 Å². The van der Waals surface area contributed by atoms with E-state index in [-0.39, 0.29) is 16.2 Å². The minimum atomic E-state index is -3.32. The van der Waals surface area contributed by atoms with Gasteiger partial charge in [-0.1, -0.05) is 12.1 Å². The van der Waals surface area contributed by atoms with Crippen LogP contribution in [0, 0.1) is 5.92 Å². The fraction of sp³-hybridized carbons (Fsp3) is 0.542. The number of aliphatic carboxylic acids is 1. The third-order valence-electron chi connectivity index (χ3n) is 6.73. The van der Waals surface area contributed by atoms with Gasteiger partial charge in [0.05, 0.1) is 27.9 Å². The maximum absolute atomic E-state index is 13.4. The van der Waals surface area contributed by atoms with Crippen molar-refractivity contribution >= 4 is 38.2 Å². The summed E-state index contributed by atoms with van der Waals surface area (Å²) in [7, 11) is -3.32. The van der Waals surface area contributed by atoms with Gasteiger partial charge in [0.2, 0.25) is 0 Å².